The lowest BCUT2D eigenvalue weighted by molar-refractivity contribution is -0.384. The van der Waals surface area contributed by atoms with Crippen LogP contribution in [0.1, 0.15) is 146 Å². The monoisotopic (exact) mass is 1220 g/mol. The minimum Gasteiger partial charge on any atom is -0.461 e. The van der Waals surface area contributed by atoms with Crippen molar-refractivity contribution in [1.82, 2.24) is 4.90 Å². The van der Waals surface area contributed by atoms with Crippen molar-refractivity contribution in [3.8, 4) is 5.75 Å². The molecule has 0 spiro atoms. The highest BCUT2D eigenvalue weighted by atomic mass is 28.4. The molecule has 2 saturated heterocycles. The van der Waals surface area contributed by atoms with Crippen molar-refractivity contribution in [1.29, 1.82) is 0 Å². The van der Waals surface area contributed by atoms with Crippen LogP contribution in [0.4, 0.5) is 10.5 Å². The van der Waals surface area contributed by atoms with Crippen molar-refractivity contribution < 1.29 is 71.6 Å². The third kappa shape index (κ3) is 19.0. The van der Waals surface area contributed by atoms with Crippen molar-refractivity contribution in [2.45, 2.75) is 225 Å². The number of cyclic esters (lactones) is 1. The fourth-order valence-electron chi connectivity index (χ4n) is 12.9. The summed E-state index contributed by atoms with van der Waals surface area (Å²) in [6.07, 6.45) is 10.6. The van der Waals surface area contributed by atoms with Gasteiger partial charge in [-0.3, -0.25) is 24.5 Å². The number of ether oxygens (including phenoxy) is 7. The van der Waals surface area contributed by atoms with E-state index in [4.69, 9.17) is 37.6 Å². The SMILES string of the molecule is CC[Si](CC)(CC)O[C@@H]1/C(C)=C/[C@@H](C)[C@@H](N=[N+]=[N-])C[C@@H]([C@H](C)C[C@@H]2CC[C@@H](OC(=O)Oc3ccc([N+](=O)[O-])cc3)[C@H](OC)C2)OC(=O)[C@@H]2CCCCN2C(=O)C(=O)[C@]2(O)O[C@@H](CC[C@H]2C)C[C@H](OC)/C(C)=C/C=C/C=C/[C@@H](C)C[C@@H](C)C(=O)[C@@H]1OC. The van der Waals surface area contributed by atoms with Crippen molar-refractivity contribution in [2.24, 2.45) is 40.6 Å². The van der Waals surface area contributed by atoms with E-state index in [2.05, 4.69) is 43.8 Å². The number of amides is 1. The van der Waals surface area contributed by atoms with Gasteiger partial charge < -0.3 is 47.6 Å². The van der Waals surface area contributed by atoms with Crippen LogP contribution >= 0.6 is 0 Å². The normalized spacial score (nSPS) is 34.1. The van der Waals surface area contributed by atoms with Gasteiger partial charge in [-0.05, 0) is 155 Å². The molecule has 16 atom stereocenters. The number of carbonyl (C=O) groups excluding carboxylic acids is 5. The van der Waals surface area contributed by atoms with Gasteiger partial charge in [0, 0.05) is 69.2 Å². The lowest BCUT2D eigenvalue weighted by atomic mass is 9.78. The molecule has 86 heavy (non-hydrogen) atoms. The first-order chi connectivity index (χ1) is 40.9. The van der Waals surface area contributed by atoms with Crippen LogP contribution in [-0.2, 0) is 52.0 Å². The summed E-state index contributed by atoms with van der Waals surface area (Å²) < 4.78 is 49.1. The molecule has 0 unspecified atom stereocenters. The molecule has 2 bridgehead atoms. The minimum atomic E-state index is -2.48. The molecule has 1 aromatic carbocycles. The van der Waals surface area contributed by atoms with E-state index in [9.17, 15) is 44.7 Å². The molecule has 1 aliphatic carbocycles. The first-order valence-corrected chi connectivity index (χ1v) is 33.6. The van der Waals surface area contributed by atoms with Crippen molar-refractivity contribution >= 4 is 43.6 Å². The van der Waals surface area contributed by atoms with Gasteiger partial charge in [0.05, 0.1) is 29.3 Å². The number of benzene rings is 1. The summed E-state index contributed by atoms with van der Waals surface area (Å²) in [5, 5.41) is 27.7. The van der Waals surface area contributed by atoms with E-state index in [1.54, 1.807) is 14.0 Å². The molecule has 1 amide bonds. The van der Waals surface area contributed by atoms with Gasteiger partial charge in [0.15, 0.2) is 14.1 Å². The van der Waals surface area contributed by atoms with Gasteiger partial charge in [-0.1, -0.05) is 97.0 Å². The van der Waals surface area contributed by atoms with Gasteiger partial charge >= 0.3 is 12.1 Å². The molecule has 1 N–H and O–H groups in total. The van der Waals surface area contributed by atoms with Crippen LogP contribution in [0.3, 0.4) is 0 Å². The van der Waals surface area contributed by atoms with E-state index in [1.807, 2.05) is 65.0 Å². The second-order valence-electron chi connectivity index (χ2n) is 24.5. The number of fused-ring (bicyclic) bond motifs is 3. The molecule has 1 aromatic rings. The van der Waals surface area contributed by atoms with E-state index in [0.29, 0.717) is 64.2 Å². The molecule has 3 fully saturated rings. The van der Waals surface area contributed by atoms with Crippen LogP contribution in [-0.4, -0.2) is 141 Å². The number of carbonyl (C=O) groups is 5. The van der Waals surface area contributed by atoms with Crippen molar-refractivity contribution in [3.63, 3.8) is 0 Å². The highest BCUT2D eigenvalue weighted by Crippen LogP contribution is 2.39. The lowest BCUT2D eigenvalue weighted by Crippen LogP contribution is -2.61. The molecule has 21 nitrogen and oxygen atoms in total. The molecule has 3 aliphatic heterocycles. The third-order valence-corrected chi connectivity index (χ3v) is 23.2. The molecule has 1 saturated carbocycles. The van der Waals surface area contributed by atoms with Gasteiger partial charge in [-0.2, -0.15) is 0 Å². The number of ketones is 2. The zero-order chi connectivity index (χ0) is 63.5. The maximum atomic E-state index is 15.0. The van der Waals surface area contributed by atoms with Crippen molar-refractivity contribution in [3.05, 3.63) is 92.4 Å². The van der Waals surface area contributed by atoms with Crippen LogP contribution in [0.2, 0.25) is 18.1 Å². The molecule has 0 radical (unpaired) electrons. The zero-order valence-electron chi connectivity index (χ0n) is 53.1. The molecular weight excluding hydrogens is 1120 g/mol. The van der Waals surface area contributed by atoms with Gasteiger partial charge in [-0.15, -0.1) is 0 Å². The maximum absolute atomic E-state index is 15.0. The molecule has 22 heteroatoms. The standard InChI is InChI=1S/C64H97N5O16Si/c1-14-86(15-2,16-3)85-58-45(9)35-42(6)51(66-67-65)39-55(43(7)36-47-26-32-53(56(37-47)79-12)83-63(74)81-49-30-27-48(28-31-49)69(76)77)82-62(73)52-24-20-21-33-68(52)61(72)60(71)64(75)46(10)25-29-50(84-64)38-54(78-11)41(5)23-19-17-18-22-40(4)34-44(8)57(70)59(58)80-13/h17-19,22-23,27-28,30-31,35,40,42-44,46-47,50-56,58-59,75H,14-16,20-21,24-26,29,32-34,36-39H2,1-13H3/b19-17+,22-18+,41-23+,45-35+/t40-,42-,43-,44-,46-,47+,50+,51+,52+,53-,54+,55+,56-,58-,59+,64-/m1/s1. The predicted octanol–water partition coefficient (Wildman–Crippen LogP) is 12.5. The van der Waals surface area contributed by atoms with E-state index in [-0.39, 0.29) is 48.4 Å². The molecular formula is C64H97N5O16Si. The number of allylic oxidation sites excluding steroid dienone is 5. The highest BCUT2D eigenvalue weighted by Gasteiger charge is 2.53. The first-order valence-electron chi connectivity index (χ1n) is 31.0. The quantitative estimate of drug-likeness (QED) is 0.0163. The largest absolute Gasteiger partial charge is 0.514 e. The van der Waals surface area contributed by atoms with Crippen LogP contribution in [0.25, 0.3) is 10.4 Å². The number of esters is 1. The number of non-ortho nitro benzene ring substituents is 1. The number of methoxy groups -OCH3 is 3. The fraction of sp³-hybridized carbons (Fsp3) is 0.703. The number of nitro benzene ring substituents is 1. The Bertz CT molecular complexity index is 2610. The summed E-state index contributed by atoms with van der Waals surface area (Å²) in [7, 11) is 2.21. The zero-order valence-corrected chi connectivity index (χ0v) is 54.1. The Hall–Kier alpha value is -5.58. The van der Waals surface area contributed by atoms with E-state index in [1.165, 1.54) is 43.4 Å². The number of aliphatic hydroxyl groups is 1. The number of piperidine rings is 1. The summed E-state index contributed by atoms with van der Waals surface area (Å²) in [5.74, 6) is -7.56. The highest BCUT2D eigenvalue weighted by molar-refractivity contribution is 6.73. The van der Waals surface area contributed by atoms with Gasteiger partial charge in [0.25, 0.3) is 17.4 Å². The number of nitrogens with zero attached hydrogens (tertiary/aromatic N) is 5. The summed E-state index contributed by atoms with van der Waals surface area (Å²) in [5.41, 5.74) is 11.7. The predicted molar refractivity (Wildman–Crippen MR) is 327 cm³/mol. The second-order valence-corrected chi connectivity index (χ2v) is 29.3. The number of rotatable bonds is 15. The molecule has 5 rings (SSSR count). The van der Waals surface area contributed by atoms with Gasteiger partial charge in [-0.25, -0.2) is 9.59 Å². The molecule has 0 aromatic heterocycles. The van der Waals surface area contributed by atoms with Gasteiger partial charge in [0.2, 0.25) is 5.79 Å². The number of Topliss-reactive ketones (excluding diaryl/α,β-unsaturated/α-hetero) is 2. The Morgan fingerprint density at radius 1 is 0.872 bits per heavy atom. The van der Waals surface area contributed by atoms with E-state index >= 15 is 0 Å². The van der Waals surface area contributed by atoms with Crippen molar-refractivity contribution in [2.75, 3.05) is 27.9 Å². The maximum Gasteiger partial charge on any atom is 0.514 e. The van der Waals surface area contributed by atoms with Crippen LogP contribution in [0.5, 0.6) is 5.75 Å². The second kappa shape index (κ2) is 33.7. The minimum absolute atomic E-state index is 0.0171. The average molecular weight is 1220 g/mol. The molecule has 478 valence electrons. The Labute approximate surface area is 509 Å². The number of nitro groups is 1. The fourth-order valence-corrected chi connectivity index (χ4v) is 15.7. The lowest BCUT2D eigenvalue weighted by Gasteiger charge is -2.43. The average Bonchev–Trinajstić information content (AvgIpc) is 1.93. The first kappa shape index (κ1) is 71.2. The molecule has 4 aliphatic rings. The van der Waals surface area contributed by atoms with E-state index in [0.717, 1.165) is 29.3 Å². The topological polar surface area (TPSA) is 275 Å². The summed E-state index contributed by atoms with van der Waals surface area (Å²) >= 11 is 0. The van der Waals surface area contributed by atoms with E-state index < -0.39 is 121 Å². The molecule has 3 heterocycles. The Kier molecular flexibility index (Phi) is 27.9. The number of azide groups is 1. The number of hydrogen-bond acceptors (Lipinski definition) is 17. The summed E-state index contributed by atoms with van der Waals surface area (Å²) in [4.78, 5) is 87.0. The van der Waals surface area contributed by atoms with Crippen LogP contribution in [0.15, 0.2) is 77.0 Å². The van der Waals surface area contributed by atoms with Gasteiger partial charge in [0.1, 0.15) is 30.1 Å². The Balaban J connectivity index is 1.54. The Morgan fingerprint density at radius 2 is 1.57 bits per heavy atom. The van der Waals surface area contributed by atoms with Crippen LogP contribution in [0, 0.1) is 45.6 Å². The summed E-state index contributed by atoms with van der Waals surface area (Å²) in [6, 6.07) is 5.46. The van der Waals surface area contributed by atoms with Crippen LogP contribution < -0.4 is 4.74 Å². The number of hydrogen-bond donors (Lipinski definition) is 1. The summed E-state index contributed by atoms with van der Waals surface area (Å²) in [6.45, 7) is 19.7. The third-order valence-electron chi connectivity index (χ3n) is 18.6. The smallest absolute Gasteiger partial charge is 0.461 e. The Morgan fingerprint density at radius 3 is 2.20 bits per heavy atom.